The molecule has 98 valence electrons. The molecule has 0 atom stereocenters. The van der Waals surface area contributed by atoms with Crippen LogP contribution in [0.25, 0.3) is 11.0 Å². The van der Waals surface area contributed by atoms with Crippen molar-refractivity contribution in [2.75, 3.05) is 5.73 Å². The molecule has 0 saturated heterocycles. The van der Waals surface area contributed by atoms with Gasteiger partial charge in [0.1, 0.15) is 17.4 Å². The molecule has 0 spiro atoms. The lowest BCUT2D eigenvalue weighted by Crippen LogP contribution is -1.91. The molecular weight excluding hydrogens is 367 g/mol. The predicted octanol–water partition coefficient (Wildman–Crippen LogP) is 4.28. The zero-order valence-electron chi connectivity index (χ0n) is 10.3. The van der Waals surface area contributed by atoms with Crippen LogP contribution < -0.4 is 10.5 Å². The van der Waals surface area contributed by atoms with E-state index in [2.05, 4.69) is 22.6 Å². The van der Waals surface area contributed by atoms with Gasteiger partial charge in [-0.3, -0.25) is 0 Å². The van der Waals surface area contributed by atoms with Gasteiger partial charge < -0.3 is 14.9 Å². The van der Waals surface area contributed by atoms with E-state index in [9.17, 15) is 0 Å². The summed E-state index contributed by atoms with van der Waals surface area (Å²) in [7, 11) is 0. The van der Waals surface area contributed by atoms with Crippen molar-refractivity contribution in [2.45, 2.75) is 0 Å². The lowest BCUT2D eigenvalue weighted by molar-refractivity contribution is 0.464. The first-order valence-corrected chi connectivity index (χ1v) is 6.91. The first kappa shape index (κ1) is 12.8. The fourth-order valence-corrected chi connectivity index (χ4v) is 2.56. The van der Waals surface area contributed by atoms with Gasteiger partial charge in [0, 0.05) is 5.69 Å². The van der Waals surface area contributed by atoms with E-state index in [-0.39, 0.29) is 5.76 Å². The van der Waals surface area contributed by atoms with Crippen molar-refractivity contribution in [1.29, 1.82) is 5.26 Å². The molecule has 0 unspecified atom stereocenters. The van der Waals surface area contributed by atoms with Crippen LogP contribution in [0.15, 0.2) is 46.9 Å². The second-order valence-corrected chi connectivity index (χ2v) is 5.32. The molecule has 0 aliphatic heterocycles. The number of nitriles is 1. The Bertz CT molecular complexity index is 833. The summed E-state index contributed by atoms with van der Waals surface area (Å²) >= 11 is 2.14. The molecule has 1 aromatic heterocycles. The molecule has 3 rings (SSSR count). The average Bonchev–Trinajstić information content (AvgIpc) is 2.80. The van der Waals surface area contributed by atoms with Gasteiger partial charge in [-0.15, -0.1) is 0 Å². The van der Waals surface area contributed by atoms with Crippen LogP contribution >= 0.6 is 22.6 Å². The van der Waals surface area contributed by atoms with Gasteiger partial charge in [0.2, 0.25) is 5.76 Å². The highest BCUT2D eigenvalue weighted by molar-refractivity contribution is 14.1. The van der Waals surface area contributed by atoms with E-state index in [1.165, 1.54) is 0 Å². The first-order chi connectivity index (χ1) is 9.69. The summed E-state index contributed by atoms with van der Waals surface area (Å²) in [6, 6.07) is 14.7. The molecule has 2 aromatic carbocycles. The van der Waals surface area contributed by atoms with Gasteiger partial charge in [-0.1, -0.05) is 12.1 Å². The maximum Gasteiger partial charge on any atom is 0.247 e. The maximum absolute atomic E-state index is 9.17. The summed E-state index contributed by atoms with van der Waals surface area (Å²) in [6.45, 7) is 0. The Morgan fingerprint density at radius 3 is 2.75 bits per heavy atom. The minimum absolute atomic E-state index is 0.166. The summed E-state index contributed by atoms with van der Waals surface area (Å²) in [5.74, 6) is 1.24. The zero-order valence-corrected chi connectivity index (χ0v) is 12.4. The van der Waals surface area contributed by atoms with Crippen molar-refractivity contribution in [2.24, 2.45) is 0 Å². The van der Waals surface area contributed by atoms with E-state index in [0.29, 0.717) is 22.8 Å². The Balaban J connectivity index is 2.12. The van der Waals surface area contributed by atoms with Crippen molar-refractivity contribution in [3.05, 3.63) is 51.8 Å². The molecule has 4 nitrogen and oxygen atoms in total. The van der Waals surface area contributed by atoms with Crippen molar-refractivity contribution in [3.8, 4) is 17.6 Å². The molecule has 0 aliphatic carbocycles. The molecule has 3 aromatic rings. The molecular formula is C15H9IN2O2. The monoisotopic (exact) mass is 376 g/mol. The molecule has 0 aliphatic rings. The SMILES string of the molecule is N#Cc1oc2ccccc2c1Oc1ccc(N)cc1I. The van der Waals surface area contributed by atoms with Crippen LogP contribution in [0.5, 0.6) is 11.5 Å². The largest absolute Gasteiger partial charge is 0.451 e. The zero-order chi connectivity index (χ0) is 14.1. The molecule has 0 fully saturated rings. The Morgan fingerprint density at radius 2 is 2.00 bits per heavy atom. The smallest absolute Gasteiger partial charge is 0.247 e. The van der Waals surface area contributed by atoms with Crippen LogP contribution in [-0.2, 0) is 0 Å². The normalized spacial score (nSPS) is 10.4. The van der Waals surface area contributed by atoms with Crippen molar-refractivity contribution < 1.29 is 9.15 Å². The summed E-state index contributed by atoms with van der Waals surface area (Å²) in [6.07, 6.45) is 0. The van der Waals surface area contributed by atoms with Crippen LogP contribution in [0.3, 0.4) is 0 Å². The number of anilines is 1. The van der Waals surface area contributed by atoms with Crippen LogP contribution in [-0.4, -0.2) is 0 Å². The number of halogens is 1. The number of benzene rings is 2. The number of fused-ring (bicyclic) bond motifs is 1. The Hall–Kier alpha value is -2.20. The number of para-hydroxylation sites is 1. The first-order valence-electron chi connectivity index (χ1n) is 5.83. The van der Waals surface area contributed by atoms with Crippen molar-refractivity contribution >= 4 is 39.2 Å². The molecule has 0 bridgehead atoms. The molecule has 5 heteroatoms. The molecule has 0 saturated carbocycles. The second kappa shape index (κ2) is 5.06. The minimum Gasteiger partial charge on any atom is -0.451 e. The summed E-state index contributed by atoms with van der Waals surface area (Å²) in [4.78, 5) is 0. The van der Waals surface area contributed by atoms with Crippen molar-refractivity contribution in [3.63, 3.8) is 0 Å². The van der Waals surface area contributed by atoms with Gasteiger partial charge >= 0.3 is 0 Å². The fraction of sp³-hybridized carbons (Fsp3) is 0. The number of hydrogen-bond acceptors (Lipinski definition) is 4. The Morgan fingerprint density at radius 1 is 1.20 bits per heavy atom. The minimum atomic E-state index is 0.166. The van der Waals surface area contributed by atoms with Crippen LogP contribution in [0, 0.1) is 14.9 Å². The van der Waals surface area contributed by atoms with Gasteiger partial charge in [-0.25, -0.2) is 0 Å². The van der Waals surface area contributed by atoms with Crippen LogP contribution in [0.4, 0.5) is 5.69 Å². The third-order valence-corrected chi connectivity index (χ3v) is 3.66. The lowest BCUT2D eigenvalue weighted by Gasteiger charge is -2.07. The van der Waals surface area contributed by atoms with Gasteiger partial charge in [0.05, 0.1) is 8.96 Å². The lowest BCUT2D eigenvalue weighted by atomic mass is 10.2. The highest BCUT2D eigenvalue weighted by Gasteiger charge is 2.16. The number of nitrogens with two attached hydrogens (primary N) is 1. The average molecular weight is 376 g/mol. The highest BCUT2D eigenvalue weighted by Crippen LogP contribution is 2.37. The molecule has 1 heterocycles. The van der Waals surface area contributed by atoms with Gasteiger partial charge in [0.15, 0.2) is 5.75 Å². The van der Waals surface area contributed by atoms with E-state index >= 15 is 0 Å². The summed E-state index contributed by atoms with van der Waals surface area (Å²) in [5, 5.41) is 9.94. The number of nitrogens with zero attached hydrogens (tertiary/aromatic N) is 1. The van der Waals surface area contributed by atoms with E-state index in [4.69, 9.17) is 20.1 Å². The van der Waals surface area contributed by atoms with Gasteiger partial charge in [-0.05, 0) is 52.9 Å². The van der Waals surface area contributed by atoms with E-state index in [1.807, 2.05) is 30.3 Å². The summed E-state index contributed by atoms with van der Waals surface area (Å²) in [5.41, 5.74) is 7.01. The number of furan rings is 1. The van der Waals surface area contributed by atoms with Crippen LogP contribution in [0.2, 0.25) is 0 Å². The fourth-order valence-electron chi connectivity index (χ4n) is 1.91. The number of nitrogen functional groups attached to an aromatic ring is 1. The maximum atomic E-state index is 9.17. The highest BCUT2D eigenvalue weighted by atomic mass is 127. The standard InChI is InChI=1S/C15H9IN2O2/c16-11-7-9(18)5-6-13(11)20-15-10-3-1-2-4-12(10)19-14(15)8-17/h1-7H,18H2. The quantitative estimate of drug-likeness (QED) is 0.535. The molecule has 20 heavy (non-hydrogen) atoms. The predicted molar refractivity (Wildman–Crippen MR) is 84.6 cm³/mol. The van der Waals surface area contributed by atoms with Gasteiger partial charge in [-0.2, -0.15) is 5.26 Å². The second-order valence-electron chi connectivity index (χ2n) is 4.16. The van der Waals surface area contributed by atoms with Crippen LogP contribution in [0.1, 0.15) is 5.76 Å². The van der Waals surface area contributed by atoms with E-state index < -0.39 is 0 Å². The number of rotatable bonds is 2. The topological polar surface area (TPSA) is 72.2 Å². The Kier molecular flexibility index (Phi) is 3.24. The van der Waals surface area contributed by atoms with E-state index in [1.54, 1.807) is 18.2 Å². The molecule has 2 N–H and O–H groups in total. The number of ether oxygens (including phenoxy) is 1. The third-order valence-electron chi connectivity index (χ3n) is 2.82. The molecule has 0 radical (unpaired) electrons. The van der Waals surface area contributed by atoms with E-state index in [0.717, 1.165) is 8.96 Å². The van der Waals surface area contributed by atoms with Crippen molar-refractivity contribution in [1.82, 2.24) is 0 Å². The third kappa shape index (κ3) is 2.18. The summed E-state index contributed by atoms with van der Waals surface area (Å²) < 4.78 is 12.2. The molecule has 0 amide bonds. The Labute approximate surface area is 128 Å². The number of hydrogen-bond donors (Lipinski definition) is 1. The van der Waals surface area contributed by atoms with Gasteiger partial charge in [0.25, 0.3) is 0 Å².